The van der Waals surface area contributed by atoms with Gasteiger partial charge >= 0.3 is 12.2 Å². The highest BCUT2D eigenvalue weighted by molar-refractivity contribution is 6.04. The first-order valence-corrected chi connectivity index (χ1v) is 11.6. The molecule has 1 aromatic carbocycles. The summed E-state index contributed by atoms with van der Waals surface area (Å²) < 4.78 is 45.2. The van der Waals surface area contributed by atoms with Crippen LogP contribution in [0.25, 0.3) is 11.3 Å². The summed E-state index contributed by atoms with van der Waals surface area (Å²) in [6.07, 6.45) is -3.39. The van der Waals surface area contributed by atoms with Crippen LogP contribution in [-0.2, 0) is 6.18 Å². The number of alkyl halides is 3. The van der Waals surface area contributed by atoms with Crippen molar-refractivity contribution in [3.8, 4) is 17.0 Å². The summed E-state index contributed by atoms with van der Waals surface area (Å²) in [4.78, 5) is 25.8. The predicted molar refractivity (Wildman–Crippen MR) is 130 cm³/mol. The Labute approximate surface area is 210 Å². The van der Waals surface area contributed by atoms with E-state index in [0.717, 1.165) is 24.4 Å². The minimum atomic E-state index is -4.48. The Morgan fingerprint density at radius 1 is 1.22 bits per heavy atom. The molecule has 1 saturated heterocycles. The summed E-state index contributed by atoms with van der Waals surface area (Å²) in [7, 11) is 0. The maximum Gasteiger partial charge on any atom is 0.416 e. The second-order valence-electron chi connectivity index (χ2n) is 8.83. The highest BCUT2D eigenvalue weighted by Crippen LogP contribution is 2.41. The lowest BCUT2D eigenvalue weighted by Crippen LogP contribution is -2.48. The number of urea groups is 1. The van der Waals surface area contributed by atoms with E-state index in [4.69, 9.17) is 9.84 Å². The largest absolute Gasteiger partial charge is 0.491 e. The molecule has 0 spiro atoms. The van der Waals surface area contributed by atoms with Gasteiger partial charge in [0.05, 0.1) is 29.6 Å². The molecule has 37 heavy (non-hydrogen) atoms. The van der Waals surface area contributed by atoms with Crippen molar-refractivity contribution < 1.29 is 32.9 Å². The van der Waals surface area contributed by atoms with Crippen molar-refractivity contribution in [2.75, 3.05) is 41.4 Å². The molecule has 1 unspecified atom stereocenters. The minimum Gasteiger partial charge on any atom is -0.491 e. The zero-order chi connectivity index (χ0) is 26.2. The third-order valence-corrected chi connectivity index (χ3v) is 6.28. The molecule has 0 saturated carbocycles. The average Bonchev–Trinajstić information content (AvgIpc) is 3.31. The van der Waals surface area contributed by atoms with Crippen molar-refractivity contribution in [2.24, 2.45) is 0 Å². The molecule has 5 rings (SSSR count). The number of aliphatic hydroxyl groups is 2. The van der Waals surface area contributed by atoms with E-state index >= 15 is 0 Å². The molecule has 4 heterocycles. The number of hydrogen-bond donors (Lipinski definition) is 3. The standard InChI is InChI=1S/C25H24F3N5O4/c26-25(27,28)16-3-1-2-15(10-16)20-4-5-21-23(30-20)33(17-7-9-32(21)12-17)24(36)31-22-11-19(6-8-29-22)37-14-18(35)13-34/h1-6,8,10-11,17-18,34-35H,7,9,12-14H2,(H,29,31,36)/t17-,18?/m1/s1. The number of aliphatic hydroxyl groups excluding tert-OH is 2. The van der Waals surface area contributed by atoms with Crippen molar-refractivity contribution >= 4 is 23.4 Å². The molecule has 2 aromatic heterocycles. The highest BCUT2D eigenvalue weighted by atomic mass is 19.4. The number of hydrogen-bond acceptors (Lipinski definition) is 7. The Morgan fingerprint density at radius 3 is 2.84 bits per heavy atom. The number of carbonyl (C=O) groups excluding carboxylic acids is 1. The van der Waals surface area contributed by atoms with Gasteiger partial charge in [-0.1, -0.05) is 12.1 Å². The van der Waals surface area contributed by atoms with Crippen LogP contribution in [0.4, 0.5) is 35.3 Å². The third kappa shape index (κ3) is 5.16. The van der Waals surface area contributed by atoms with Crippen molar-refractivity contribution in [1.82, 2.24) is 9.97 Å². The van der Waals surface area contributed by atoms with Crippen molar-refractivity contribution in [3.05, 3.63) is 60.3 Å². The molecule has 2 bridgehead atoms. The fourth-order valence-electron chi connectivity index (χ4n) is 4.47. The van der Waals surface area contributed by atoms with Crippen LogP contribution in [-0.4, -0.2) is 64.7 Å². The predicted octanol–water partition coefficient (Wildman–Crippen LogP) is 3.53. The quantitative estimate of drug-likeness (QED) is 0.461. The minimum absolute atomic E-state index is 0.131. The van der Waals surface area contributed by atoms with Gasteiger partial charge in [0.25, 0.3) is 0 Å². The van der Waals surface area contributed by atoms with Gasteiger partial charge in [-0.15, -0.1) is 0 Å². The molecule has 3 N–H and O–H groups in total. The number of benzene rings is 1. The van der Waals surface area contributed by atoms with Gasteiger partial charge < -0.3 is 19.8 Å². The van der Waals surface area contributed by atoms with E-state index in [1.165, 1.54) is 23.2 Å². The molecular weight excluding hydrogens is 491 g/mol. The monoisotopic (exact) mass is 515 g/mol. The van der Waals surface area contributed by atoms with E-state index in [1.54, 1.807) is 24.3 Å². The number of anilines is 3. The van der Waals surface area contributed by atoms with Gasteiger partial charge in [-0.25, -0.2) is 14.8 Å². The van der Waals surface area contributed by atoms with E-state index in [0.29, 0.717) is 35.8 Å². The van der Waals surface area contributed by atoms with E-state index in [2.05, 4.69) is 20.2 Å². The Hall–Kier alpha value is -3.90. The summed E-state index contributed by atoms with van der Waals surface area (Å²) in [6, 6.07) is 10.7. The first-order valence-electron chi connectivity index (χ1n) is 11.6. The molecule has 2 aliphatic rings. The van der Waals surface area contributed by atoms with Crippen LogP contribution in [0.1, 0.15) is 12.0 Å². The van der Waals surface area contributed by atoms with Crippen LogP contribution in [0.15, 0.2) is 54.7 Å². The maximum absolute atomic E-state index is 13.4. The van der Waals surface area contributed by atoms with Crippen LogP contribution in [0.2, 0.25) is 0 Å². The van der Waals surface area contributed by atoms with Crippen LogP contribution in [0.3, 0.4) is 0 Å². The Bertz CT molecular complexity index is 1310. The van der Waals surface area contributed by atoms with Gasteiger partial charge in [-0.05, 0) is 36.8 Å². The topological polar surface area (TPSA) is 111 Å². The van der Waals surface area contributed by atoms with Crippen molar-refractivity contribution in [1.29, 1.82) is 0 Å². The Balaban J connectivity index is 1.42. The number of nitrogens with zero attached hydrogens (tertiary/aromatic N) is 4. The molecule has 0 aliphatic carbocycles. The zero-order valence-electron chi connectivity index (χ0n) is 19.5. The number of carbonyl (C=O) groups is 1. The van der Waals surface area contributed by atoms with Gasteiger partial charge in [0.15, 0.2) is 5.82 Å². The maximum atomic E-state index is 13.4. The summed E-state index contributed by atoms with van der Waals surface area (Å²) in [5, 5.41) is 21.2. The summed E-state index contributed by atoms with van der Waals surface area (Å²) in [6.45, 7) is 0.756. The summed E-state index contributed by atoms with van der Waals surface area (Å²) in [5.41, 5.74) is 0.564. The molecule has 0 radical (unpaired) electrons. The van der Waals surface area contributed by atoms with Crippen molar-refractivity contribution in [2.45, 2.75) is 24.7 Å². The lowest BCUT2D eigenvalue weighted by molar-refractivity contribution is -0.137. The smallest absolute Gasteiger partial charge is 0.416 e. The number of aromatic nitrogens is 2. The summed E-state index contributed by atoms with van der Waals surface area (Å²) >= 11 is 0. The van der Waals surface area contributed by atoms with Crippen LogP contribution < -0.4 is 19.9 Å². The lowest BCUT2D eigenvalue weighted by atomic mass is 10.1. The fourth-order valence-corrected chi connectivity index (χ4v) is 4.47. The second-order valence-corrected chi connectivity index (χ2v) is 8.83. The zero-order valence-corrected chi connectivity index (χ0v) is 19.5. The van der Waals surface area contributed by atoms with E-state index in [1.807, 2.05) is 0 Å². The third-order valence-electron chi connectivity index (χ3n) is 6.28. The van der Waals surface area contributed by atoms with E-state index in [-0.39, 0.29) is 18.5 Å². The van der Waals surface area contributed by atoms with Gasteiger partial charge in [-0.3, -0.25) is 10.2 Å². The molecule has 12 heteroatoms. The van der Waals surface area contributed by atoms with Crippen LogP contribution in [0, 0.1) is 0 Å². The highest BCUT2D eigenvalue weighted by Gasteiger charge is 2.40. The number of amides is 2. The summed E-state index contributed by atoms with van der Waals surface area (Å²) in [5.74, 6) is 0.908. The molecule has 2 aliphatic heterocycles. The number of nitrogens with one attached hydrogen (secondary N) is 1. The number of halogens is 3. The van der Waals surface area contributed by atoms with Crippen LogP contribution in [0.5, 0.6) is 5.75 Å². The Morgan fingerprint density at radius 2 is 2.05 bits per heavy atom. The molecule has 3 aromatic rings. The molecule has 2 amide bonds. The molecule has 1 fully saturated rings. The number of ether oxygens (including phenoxy) is 1. The number of rotatable bonds is 6. The van der Waals surface area contributed by atoms with Gasteiger partial charge in [-0.2, -0.15) is 13.2 Å². The number of pyridine rings is 2. The second kappa shape index (κ2) is 9.87. The average molecular weight is 515 g/mol. The SMILES string of the molecule is O=C(Nc1cc(OCC(O)CO)ccn1)N1c2nc(-c3cccc(C(F)(F)F)c3)ccc2N2CC[C@@H]1C2. The van der Waals surface area contributed by atoms with Crippen molar-refractivity contribution in [3.63, 3.8) is 0 Å². The Kier molecular flexibility index (Phi) is 6.61. The van der Waals surface area contributed by atoms with Crippen LogP contribution >= 0.6 is 0 Å². The van der Waals surface area contributed by atoms with E-state index < -0.39 is 30.5 Å². The normalized spacial score (nSPS) is 17.4. The molecule has 194 valence electrons. The molecule has 9 nitrogen and oxygen atoms in total. The van der Waals surface area contributed by atoms with Gasteiger partial charge in [0.2, 0.25) is 0 Å². The van der Waals surface area contributed by atoms with Gasteiger partial charge in [0.1, 0.15) is 24.3 Å². The first kappa shape index (κ1) is 24.8. The first-order chi connectivity index (χ1) is 17.7. The van der Waals surface area contributed by atoms with E-state index in [9.17, 15) is 23.1 Å². The van der Waals surface area contributed by atoms with Gasteiger partial charge in [0, 0.05) is 30.9 Å². The number of fused-ring (bicyclic) bond motifs is 4. The lowest BCUT2D eigenvalue weighted by Gasteiger charge is -2.35. The molecular formula is C25H24F3N5O4. The fraction of sp³-hybridized carbons (Fsp3) is 0.320. The molecule has 2 atom stereocenters.